The van der Waals surface area contributed by atoms with Gasteiger partial charge in [-0.15, -0.1) is 0 Å². The van der Waals surface area contributed by atoms with Crippen LogP contribution >= 0.6 is 0 Å². The minimum Gasteiger partial charge on any atom is -0.506 e. The zero-order valence-corrected chi connectivity index (χ0v) is 17.2. The van der Waals surface area contributed by atoms with E-state index >= 15 is 0 Å². The predicted octanol–water partition coefficient (Wildman–Crippen LogP) is 4.31. The van der Waals surface area contributed by atoms with Crippen molar-refractivity contribution in [3.05, 3.63) is 64.2 Å². The number of hydrogen-bond donors (Lipinski definition) is 1. The van der Waals surface area contributed by atoms with Gasteiger partial charge in [0.15, 0.2) is 11.6 Å². The monoisotopic (exact) mass is 390 g/mol. The Morgan fingerprint density at radius 3 is 2.34 bits per heavy atom. The van der Waals surface area contributed by atoms with Crippen LogP contribution in [0, 0.1) is 13.8 Å². The van der Waals surface area contributed by atoms with Gasteiger partial charge in [0.1, 0.15) is 11.3 Å². The van der Waals surface area contributed by atoms with E-state index in [1.807, 2.05) is 31.2 Å². The maximum atomic E-state index is 12.3. The largest absolute Gasteiger partial charge is 0.506 e. The minimum atomic E-state index is -0.255. The van der Waals surface area contributed by atoms with Gasteiger partial charge in [-0.05, 0) is 55.2 Å². The molecule has 2 aromatic rings. The number of carbonyl (C=O) groups excluding carboxylic acids is 2. The molecule has 2 aliphatic rings. The number of rotatable bonds is 2. The first-order chi connectivity index (χ1) is 13.9. The number of nitrogens with zero attached hydrogens (tertiary/aromatic N) is 2. The highest BCUT2D eigenvalue weighted by Gasteiger charge is 2.30. The lowest BCUT2D eigenvalue weighted by Gasteiger charge is -2.39. The molecule has 0 spiro atoms. The van der Waals surface area contributed by atoms with E-state index in [2.05, 4.69) is 35.9 Å². The molecule has 0 aromatic heterocycles. The fourth-order valence-electron chi connectivity index (χ4n) is 4.42. The number of para-hydroxylation sites is 1. The lowest BCUT2D eigenvalue weighted by molar-refractivity contribution is -0.123. The van der Waals surface area contributed by atoms with Crippen LogP contribution in [0.5, 0.6) is 0 Å². The Morgan fingerprint density at radius 2 is 1.66 bits per heavy atom. The number of aliphatic hydroxyl groups excluding tert-OH is 1. The molecule has 1 saturated carbocycles. The van der Waals surface area contributed by atoms with E-state index in [4.69, 9.17) is 0 Å². The number of aryl methyl sites for hydroxylation is 1. The van der Waals surface area contributed by atoms with Gasteiger partial charge in [0.2, 0.25) is 0 Å². The summed E-state index contributed by atoms with van der Waals surface area (Å²) in [7, 11) is 2.05. The van der Waals surface area contributed by atoms with Crippen LogP contribution in [0.25, 0.3) is 5.76 Å². The molecule has 0 bridgehead atoms. The molecule has 1 aliphatic heterocycles. The molecule has 0 radical (unpaired) electrons. The summed E-state index contributed by atoms with van der Waals surface area (Å²) < 4.78 is 0. The van der Waals surface area contributed by atoms with Crippen LogP contribution in [0.1, 0.15) is 41.5 Å². The van der Waals surface area contributed by atoms with Crippen LogP contribution in [-0.4, -0.2) is 30.4 Å². The van der Waals surface area contributed by atoms with Crippen LogP contribution in [0.2, 0.25) is 0 Å². The Kier molecular flexibility index (Phi) is 4.91. The smallest absolute Gasteiger partial charge is 0.170 e. The zero-order valence-electron chi connectivity index (χ0n) is 17.2. The zero-order chi connectivity index (χ0) is 20.7. The molecule has 0 saturated heterocycles. The first-order valence-corrected chi connectivity index (χ1v) is 10.0. The normalized spacial score (nSPS) is 16.9. The van der Waals surface area contributed by atoms with Gasteiger partial charge in [-0.3, -0.25) is 9.59 Å². The van der Waals surface area contributed by atoms with E-state index in [-0.39, 0.29) is 22.9 Å². The molecule has 5 heteroatoms. The lowest BCUT2D eigenvalue weighted by atomic mass is 9.87. The topological polar surface area (TPSA) is 60.9 Å². The average Bonchev–Trinajstić information content (AvgIpc) is 2.68. The van der Waals surface area contributed by atoms with Gasteiger partial charge in [-0.1, -0.05) is 18.2 Å². The summed E-state index contributed by atoms with van der Waals surface area (Å²) in [5.74, 6) is -0.681. The fourth-order valence-corrected chi connectivity index (χ4v) is 4.42. The molecule has 1 heterocycles. The third kappa shape index (κ3) is 3.31. The molecule has 5 nitrogen and oxygen atoms in total. The molecule has 29 heavy (non-hydrogen) atoms. The first-order valence-electron chi connectivity index (χ1n) is 10.0. The summed E-state index contributed by atoms with van der Waals surface area (Å²) in [6, 6.07) is 12.1. The summed E-state index contributed by atoms with van der Waals surface area (Å²) in [4.78, 5) is 29.1. The second kappa shape index (κ2) is 7.39. The number of aliphatic hydroxyl groups is 1. The number of allylic oxidation sites excluding steroid dienone is 1. The van der Waals surface area contributed by atoms with Crippen molar-refractivity contribution >= 4 is 28.7 Å². The predicted molar refractivity (Wildman–Crippen MR) is 115 cm³/mol. The summed E-state index contributed by atoms with van der Waals surface area (Å²) in [5.41, 5.74) is 6.04. The van der Waals surface area contributed by atoms with Gasteiger partial charge >= 0.3 is 0 Å². The van der Waals surface area contributed by atoms with Crippen LogP contribution in [0.15, 0.2) is 42.0 Å². The summed E-state index contributed by atoms with van der Waals surface area (Å²) in [6.07, 6.45) is 1.20. The first kappa shape index (κ1) is 19.2. The van der Waals surface area contributed by atoms with Crippen LogP contribution in [-0.2, 0) is 16.1 Å². The van der Waals surface area contributed by atoms with E-state index in [9.17, 15) is 14.7 Å². The number of anilines is 2. The van der Waals surface area contributed by atoms with Gasteiger partial charge in [0.25, 0.3) is 0 Å². The second-order valence-electron chi connectivity index (χ2n) is 7.98. The third-order valence-electron chi connectivity index (χ3n) is 6.03. The standard InChI is InChI=1S/C24H26N2O3/c1-15-7-4-5-8-19(15)26-13-18-16(2)17(11-12-20(18)25(3)14-26)24(29)23-21(27)9-6-10-22(23)28/h4-5,7-8,11-12,29H,6,9-10,13-14H2,1-3H3. The Morgan fingerprint density at radius 1 is 0.966 bits per heavy atom. The van der Waals surface area contributed by atoms with Crippen molar-refractivity contribution in [3.8, 4) is 0 Å². The van der Waals surface area contributed by atoms with Crippen molar-refractivity contribution in [2.45, 2.75) is 39.7 Å². The number of Topliss-reactive ketones (excluding diaryl/α,β-unsaturated/α-hetero) is 2. The van der Waals surface area contributed by atoms with E-state index in [1.54, 1.807) is 0 Å². The van der Waals surface area contributed by atoms with Crippen LogP contribution in [0.4, 0.5) is 11.4 Å². The highest BCUT2D eigenvalue weighted by atomic mass is 16.3. The SMILES string of the molecule is Cc1ccccc1N1Cc2c(ccc(C(O)=C3C(=O)CCCC3=O)c2C)N(C)C1. The maximum absolute atomic E-state index is 12.3. The van der Waals surface area contributed by atoms with Crippen molar-refractivity contribution in [2.75, 3.05) is 23.5 Å². The van der Waals surface area contributed by atoms with Crippen LogP contribution < -0.4 is 9.80 Å². The molecule has 150 valence electrons. The molecule has 1 fully saturated rings. The van der Waals surface area contributed by atoms with Crippen molar-refractivity contribution in [1.82, 2.24) is 0 Å². The highest BCUT2D eigenvalue weighted by Crippen LogP contribution is 2.36. The number of benzene rings is 2. The molecular weight excluding hydrogens is 364 g/mol. The van der Waals surface area contributed by atoms with Crippen molar-refractivity contribution in [3.63, 3.8) is 0 Å². The van der Waals surface area contributed by atoms with Gasteiger partial charge < -0.3 is 14.9 Å². The molecule has 4 rings (SSSR count). The Labute approximate surface area is 171 Å². The Bertz CT molecular complexity index is 1020. The number of hydrogen-bond acceptors (Lipinski definition) is 5. The average molecular weight is 390 g/mol. The van der Waals surface area contributed by atoms with Gasteiger partial charge in [0.05, 0.1) is 6.67 Å². The summed E-state index contributed by atoms with van der Waals surface area (Å²) in [6.45, 7) is 5.53. The maximum Gasteiger partial charge on any atom is 0.170 e. The van der Waals surface area contributed by atoms with E-state index in [1.165, 1.54) is 11.3 Å². The minimum absolute atomic E-state index is 0.0285. The summed E-state index contributed by atoms with van der Waals surface area (Å²) in [5, 5.41) is 10.9. The quantitative estimate of drug-likeness (QED) is 0.470. The lowest BCUT2D eigenvalue weighted by Crippen LogP contribution is -2.41. The fraction of sp³-hybridized carbons (Fsp3) is 0.333. The molecule has 1 aliphatic carbocycles. The summed E-state index contributed by atoms with van der Waals surface area (Å²) >= 11 is 0. The van der Waals surface area contributed by atoms with Crippen LogP contribution in [0.3, 0.4) is 0 Å². The Hall–Kier alpha value is -3.08. The molecule has 0 unspecified atom stereocenters. The molecule has 1 N–H and O–H groups in total. The van der Waals surface area contributed by atoms with Gasteiger partial charge in [0, 0.05) is 43.4 Å². The molecule has 2 aromatic carbocycles. The van der Waals surface area contributed by atoms with Gasteiger partial charge in [-0.25, -0.2) is 0 Å². The number of ketones is 2. The number of carbonyl (C=O) groups is 2. The highest BCUT2D eigenvalue weighted by molar-refractivity contribution is 6.25. The van der Waals surface area contributed by atoms with E-state index in [0.717, 1.165) is 23.5 Å². The molecule has 0 amide bonds. The Balaban J connectivity index is 1.79. The number of fused-ring (bicyclic) bond motifs is 1. The molecular formula is C24H26N2O3. The van der Waals surface area contributed by atoms with Crippen molar-refractivity contribution in [1.29, 1.82) is 0 Å². The van der Waals surface area contributed by atoms with Crippen molar-refractivity contribution < 1.29 is 14.7 Å². The van der Waals surface area contributed by atoms with E-state index < -0.39 is 0 Å². The second-order valence-corrected chi connectivity index (χ2v) is 7.98. The van der Waals surface area contributed by atoms with Crippen molar-refractivity contribution in [2.24, 2.45) is 0 Å². The molecule has 0 atom stereocenters. The van der Waals surface area contributed by atoms with Gasteiger partial charge in [-0.2, -0.15) is 0 Å². The third-order valence-corrected chi connectivity index (χ3v) is 6.03. The van der Waals surface area contributed by atoms with E-state index in [0.29, 0.717) is 31.4 Å².